The second kappa shape index (κ2) is 8.58. The zero-order chi connectivity index (χ0) is 18.6. The van der Waals surface area contributed by atoms with Crippen LogP contribution in [0.5, 0.6) is 0 Å². The molecule has 6 nitrogen and oxygen atoms in total. The summed E-state index contributed by atoms with van der Waals surface area (Å²) in [6.07, 6.45) is 3.93. The fourth-order valence-corrected chi connectivity index (χ4v) is 4.53. The topological polar surface area (TPSA) is 96.6 Å². The van der Waals surface area contributed by atoms with Gasteiger partial charge >= 0.3 is 0 Å². The first-order chi connectivity index (χ1) is 11.7. The smallest absolute Gasteiger partial charge is 0.208 e. The van der Waals surface area contributed by atoms with Crippen LogP contribution in [0.1, 0.15) is 37.8 Å². The third-order valence-electron chi connectivity index (χ3n) is 4.31. The molecule has 0 bridgehead atoms. The molecule has 3 unspecified atom stereocenters. The van der Waals surface area contributed by atoms with Crippen molar-refractivity contribution in [1.29, 1.82) is 0 Å². The van der Waals surface area contributed by atoms with Gasteiger partial charge in [-0.15, -0.1) is 0 Å². The van der Waals surface area contributed by atoms with Gasteiger partial charge in [0.05, 0.1) is 12.3 Å². The number of nitrogens with zero attached hydrogens (tertiary/aromatic N) is 1. The number of guanidine groups is 1. The van der Waals surface area contributed by atoms with E-state index in [4.69, 9.17) is 28.9 Å². The Kier molecular flexibility index (Phi) is 6.96. The Morgan fingerprint density at radius 1 is 1.40 bits per heavy atom. The molecule has 0 heterocycles. The van der Waals surface area contributed by atoms with Crippen LogP contribution in [-0.2, 0) is 10.0 Å². The Bertz CT molecular complexity index is 740. The standard InChI is InChI=1S/C16H24Cl2N4O2S/c1-10(13-7-6-12(17)8-14(13)18)21-16(19)20-9-11-4-3-5-15(11)22-25(2,23)24/h6-8,10-11,15,22H,3-5,9H2,1-2H3,(H3,19,20,21). The molecule has 0 saturated heterocycles. The molecule has 25 heavy (non-hydrogen) atoms. The first-order valence-corrected chi connectivity index (χ1v) is 10.8. The van der Waals surface area contributed by atoms with Crippen molar-refractivity contribution in [2.24, 2.45) is 16.6 Å². The van der Waals surface area contributed by atoms with Gasteiger partial charge in [-0.05, 0) is 43.4 Å². The van der Waals surface area contributed by atoms with Crippen molar-refractivity contribution < 1.29 is 8.42 Å². The lowest BCUT2D eigenvalue weighted by molar-refractivity contribution is 0.454. The summed E-state index contributed by atoms with van der Waals surface area (Å²) in [4.78, 5) is 4.38. The van der Waals surface area contributed by atoms with E-state index in [0.29, 0.717) is 22.5 Å². The molecular formula is C16H24Cl2N4O2S. The van der Waals surface area contributed by atoms with Crippen molar-refractivity contribution in [2.45, 2.75) is 38.3 Å². The van der Waals surface area contributed by atoms with Crippen molar-refractivity contribution in [3.05, 3.63) is 33.8 Å². The molecule has 2 rings (SSSR count). The molecule has 1 aliphatic carbocycles. The van der Waals surface area contributed by atoms with E-state index >= 15 is 0 Å². The van der Waals surface area contributed by atoms with Crippen LogP contribution in [0.4, 0.5) is 0 Å². The van der Waals surface area contributed by atoms with Gasteiger partial charge in [0, 0.05) is 22.6 Å². The lowest BCUT2D eigenvalue weighted by Crippen LogP contribution is -2.39. The Balaban J connectivity index is 1.94. The summed E-state index contributed by atoms with van der Waals surface area (Å²) < 4.78 is 25.5. The summed E-state index contributed by atoms with van der Waals surface area (Å²) in [6, 6.07) is 5.10. The molecule has 140 valence electrons. The van der Waals surface area contributed by atoms with Gasteiger partial charge in [-0.2, -0.15) is 0 Å². The van der Waals surface area contributed by atoms with E-state index in [1.807, 2.05) is 13.0 Å². The summed E-state index contributed by atoms with van der Waals surface area (Å²) >= 11 is 12.1. The SMILES string of the molecule is CC(NC(N)=NCC1CCCC1NS(C)(=O)=O)c1ccc(Cl)cc1Cl. The number of hydrogen-bond acceptors (Lipinski definition) is 3. The average molecular weight is 407 g/mol. The first-order valence-electron chi connectivity index (χ1n) is 8.14. The van der Waals surface area contributed by atoms with Gasteiger partial charge < -0.3 is 11.1 Å². The summed E-state index contributed by atoms with van der Waals surface area (Å²) in [5.74, 6) is 0.466. The van der Waals surface area contributed by atoms with Crippen molar-refractivity contribution in [3.8, 4) is 0 Å². The average Bonchev–Trinajstić information content (AvgIpc) is 2.90. The number of sulfonamides is 1. The van der Waals surface area contributed by atoms with Gasteiger partial charge in [-0.1, -0.05) is 35.7 Å². The molecular weight excluding hydrogens is 383 g/mol. The van der Waals surface area contributed by atoms with Gasteiger partial charge in [0.25, 0.3) is 0 Å². The monoisotopic (exact) mass is 406 g/mol. The van der Waals surface area contributed by atoms with Crippen LogP contribution in [-0.4, -0.2) is 33.2 Å². The zero-order valence-corrected chi connectivity index (χ0v) is 16.6. The highest BCUT2D eigenvalue weighted by atomic mass is 35.5. The number of benzene rings is 1. The van der Waals surface area contributed by atoms with E-state index in [1.165, 1.54) is 6.26 Å². The first kappa shape index (κ1) is 20.3. The maximum absolute atomic E-state index is 11.4. The summed E-state index contributed by atoms with van der Waals surface area (Å²) in [5, 5.41) is 4.25. The second-order valence-electron chi connectivity index (χ2n) is 6.45. The molecule has 0 aromatic heterocycles. The molecule has 1 saturated carbocycles. The molecule has 4 N–H and O–H groups in total. The van der Waals surface area contributed by atoms with Gasteiger partial charge in [-0.3, -0.25) is 4.99 Å². The summed E-state index contributed by atoms with van der Waals surface area (Å²) in [6.45, 7) is 2.41. The normalized spacial score (nSPS) is 22.8. The summed E-state index contributed by atoms with van der Waals surface area (Å²) in [5.41, 5.74) is 6.85. The highest BCUT2D eigenvalue weighted by molar-refractivity contribution is 7.88. The minimum atomic E-state index is -3.21. The van der Waals surface area contributed by atoms with Crippen LogP contribution in [0.3, 0.4) is 0 Å². The Hall–Kier alpha value is -1.02. The van der Waals surface area contributed by atoms with Crippen LogP contribution in [0.15, 0.2) is 23.2 Å². The number of rotatable bonds is 6. The van der Waals surface area contributed by atoms with Crippen LogP contribution in [0, 0.1) is 5.92 Å². The molecule has 0 amide bonds. The minimum absolute atomic E-state index is 0.0744. The number of halogens is 2. The van der Waals surface area contributed by atoms with Crippen molar-refractivity contribution in [3.63, 3.8) is 0 Å². The molecule has 3 atom stereocenters. The molecule has 1 fully saturated rings. The van der Waals surface area contributed by atoms with E-state index in [2.05, 4.69) is 15.0 Å². The number of nitrogens with two attached hydrogens (primary N) is 1. The molecule has 1 aromatic carbocycles. The third-order valence-corrected chi connectivity index (χ3v) is 5.61. The molecule has 0 radical (unpaired) electrons. The largest absolute Gasteiger partial charge is 0.370 e. The lowest BCUT2D eigenvalue weighted by atomic mass is 10.1. The fraction of sp³-hybridized carbons (Fsp3) is 0.562. The summed E-state index contributed by atoms with van der Waals surface area (Å²) in [7, 11) is -3.21. The minimum Gasteiger partial charge on any atom is -0.370 e. The Morgan fingerprint density at radius 2 is 2.12 bits per heavy atom. The molecule has 1 aromatic rings. The lowest BCUT2D eigenvalue weighted by Gasteiger charge is -2.19. The maximum Gasteiger partial charge on any atom is 0.208 e. The Labute approximate surface area is 159 Å². The predicted octanol–water partition coefficient (Wildman–Crippen LogP) is 2.68. The van der Waals surface area contributed by atoms with Gasteiger partial charge in [0.1, 0.15) is 0 Å². The fourth-order valence-electron chi connectivity index (χ4n) is 3.10. The van der Waals surface area contributed by atoms with E-state index < -0.39 is 10.0 Å². The van der Waals surface area contributed by atoms with E-state index in [-0.39, 0.29) is 18.0 Å². The van der Waals surface area contributed by atoms with Crippen LogP contribution in [0.25, 0.3) is 0 Å². The van der Waals surface area contributed by atoms with Crippen molar-refractivity contribution in [2.75, 3.05) is 12.8 Å². The third kappa shape index (κ3) is 6.33. The number of aliphatic imine (C=N–C) groups is 1. The van der Waals surface area contributed by atoms with Gasteiger partial charge in [0.2, 0.25) is 10.0 Å². The highest BCUT2D eigenvalue weighted by Crippen LogP contribution is 2.27. The van der Waals surface area contributed by atoms with Crippen LogP contribution in [0.2, 0.25) is 10.0 Å². The van der Waals surface area contributed by atoms with Crippen LogP contribution >= 0.6 is 23.2 Å². The van der Waals surface area contributed by atoms with Crippen molar-refractivity contribution >= 4 is 39.2 Å². The highest BCUT2D eigenvalue weighted by Gasteiger charge is 2.29. The second-order valence-corrected chi connectivity index (χ2v) is 9.07. The van der Waals surface area contributed by atoms with Gasteiger partial charge in [0.15, 0.2) is 5.96 Å². The van der Waals surface area contributed by atoms with E-state index in [0.717, 1.165) is 24.8 Å². The number of nitrogens with one attached hydrogen (secondary N) is 2. The van der Waals surface area contributed by atoms with E-state index in [1.54, 1.807) is 12.1 Å². The van der Waals surface area contributed by atoms with Crippen molar-refractivity contribution in [1.82, 2.24) is 10.0 Å². The number of hydrogen-bond donors (Lipinski definition) is 3. The quantitative estimate of drug-likeness (QED) is 0.499. The zero-order valence-electron chi connectivity index (χ0n) is 14.3. The Morgan fingerprint density at radius 3 is 2.76 bits per heavy atom. The predicted molar refractivity (Wildman–Crippen MR) is 104 cm³/mol. The molecule has 0 spiro atoms. The maximum atomic E-state index is 11.4. The van der Waals surface area contributed by atoms with E-state index in [9.17, 15) is 8.42 Å². The molecule has 9 heteroatoms. The molecule has 1 aliphatic rings. The van der Waals surface area contributed by atoms with Gasteiger partial charge in [-0.25, -0.2) is 13.1 Å². The molecule has 0 aliphatic heterocycles. The van der Waals surface area contributed by atoms with Crippen LogP contribution < -0.4 is 15.8 Å².